The number of pyridine rings is 1. The molecule has 34 heavy (non-hydrogen) atoms. The second kappa shape index (κ2) is 9.54. The van der Waals surface area contributed by atoms with Gasteiger partial charge in [-0.2, -0.15) is 0 Å². The fraction of sp³-hybridized carbons (Fsp3) is 0.462. The van der Waals surface area contributed by atoms with Crippen LogP contribution in [0, 0.1) is 5.92 Å². The van der Waals surface area contributed by atoms with Gasteiger partial charge in [0.2, 0.25) is 6.79 Å². The Labute approximate surface area is 200 Å². The maximum Gasteiger partial charge on any atom is 0.253 e. The van der Waals surface area contributed by atoms with E-state index in [1.165, 1.54) is 12.8 Å². The average Bonchev–Trinajstić information content (AvgIpc) is 3.40. The van der Waals surface area contributed by atoms with Gasteiger partial charge in [0, 0.05) is 32.4 Å². The van der Waals surface area contributed by atoms with Crippen molar-refractivity contribution in [1.29, 1.82) is 0 Å². The highest BCUT2D eigenvalue weighted by atomic mass is 16.7. The summed E-state index contributed by atoms with van der Waals surface area (Å²) in [5.74, 6) is 3.23. The van der Waals surface area contributed by atoms with E-state index in [-0.39, 0.29) is 12.7 Å². The molecule has 0 saturated heterocycles. The van der Waals surface area contributed by atoms with Crippen molar-refractivity contribution in [2.24, 2.45) is 5.92 Å². The van der Waals surface area contributed by atoms with Crippen LogP contribution in [-0.2, 0) is 13.0 Å². The summed E-state index contributed by atoms with van der Waals surface area (Å²) >= 11 is 0. The van der Waals surface area contributed by atoms with Crippen molar-refractivity contribution >= 4 is 17.4 Å². The summed E-state index contributed by atoms with van der Waals surface area (Å²) in [6.45, 7) is 5.75. The first-order valence-corrected chi connectivity index (χ1v) is 12.1. The first-order chi connectivity index (χ1) is 16.5. The largest absolute Gasteiger partial charge is 0.454 e. The number of likely N-dealkylation sites (N-methyl/N-ethyl adjacent to an activating group) is 1. The molecular formula is C26H33N5O3. The Morgan fingerprint density at radius 1 is 1.15 bits per heavy atom. The van der Waals surface area contributed by atoms with Gasteiger partial charge in [-0.15, -0.1) is 0 Å². The van der Waals surface area contributed by atoms with Crippen LogP contribution in [0.15, 0.2) is 36.5 Å². The van der Waals surface area contributed by atoms with Crippen LogP contribution in [0.5, 0.6) is 11.5 Å². The molecule has 1 saturated carbocycles. The van der Waals surface area contributed by atoms with Gasteiger partial charge in [0.15, 0.2) is 11.5 Å². The standard InChI is InChI=1S/C26H33N5O3/c1-4-21-26(30(12-11-29(2)3)15-18-5-6-18)31-16-20(8-10-24(31)28-21)25(32)27-14-19-7-9-22-23(13-19)34-17-33-22/h7-10,13,16,18H,4-6,11-12,14-15,17H2,1-3H3,(H,27,32). The Morgan fingerprint density at radius 3 is 2.74 bits per heavy atom. The Kier molecular flexibility index (Phi) is 6.32. The minimum absolute atomic E-state index is 0.112. The summed E-state index contributed by atoms with van der Waals surface area (Å²) in [6.07, 6.45) is 5.38. The summed E-state index contributed by atoms with van der Waals surface area (Å²) < 4.78 is 12.9. The molecule has 1 amide bonds. The zero-order valence-electron chi connectivity index (χ0n) is 20.2. The van der Waals surface area contributed by atoms with Crippen LogP contribution in [0.3, 0.4) is 0 Å². The summed E-state index contributed by atoms with van der Waals surface area (Å²) in [4.78, 5) is 22.6. The molecule has 8 heteroatoms. The number of amides is 1. The van der Waals surface area contributed by atoms with Gasteiger partial charge in [0.05, 0.1) is 11.3 Å². The summed E-state index contributed by atoms with van der Waals surface area (Å²) in [5.41, 5.74) is 3.55. The number of aryl methyl sites for hydroxylation is 1. The van der Waals surface area contributed by atoms with Crippen molar-refractivity contribution < 1.29 is 14.3 Å². The molecule has 2 aliphatic rings. The van der Waals surface area contributed by atoms with Crippen LogP contribution >= 0.6 is 0 Å². The van der Waals surface area contributed by atoms with Gasteiger partial charge >= 0.3 is 0 Å². The monoisotopic (exact) mass is 463 g/mol. The number of nitrogens with zero attached hydrogens (tertiary/aromatic N) is 4. The van der Waals surface area contributed by atoms with E-state index in [1.807, 2.05) is 36.5 Å². The molecule has 3 aromatic rings. The molecule has 1 N–H and O–H groups in total. The van der Waals surface area contributed by atoms with Crippen LogP contribution in [-0.4, -0.2) is 60.7 Å². The van der Waals surface area contributed by atoms with E-state index in [4.69, 9.17) is 14.5 Å². The lowest BCUT2D eigenvalue weighted by Crippen LogP contribution is -2.34. The van der Waals surface area contributed by atoms with Crippen molar-refractivity contribution in [3.8, 4) is 11.5 Å². The molecule has 180 valence electrons. The number of nitrogens with one attached hydrogen (secondary N) is 1. The number of hydrogen-bond acceptors (Lipinski definition) is 6. The third kappa shape index (κ3) is 4.82. The molecule has 0 unspecified atom stereocenters. The van der Waals surface area contributed by atoms with E-state index in [9.17, 15) is 4.79 Å². The number of ether oxygens (including phenoxy) is 2. The average molecular weight is 464 g/mol. The zero-order chi connectivity index (χ0) is 23.7. The third-order valence-corrected chi connectivity index (χ3v) is 6.44. The van der Waals surface area contributed by atoms with Gasteiger partial charge in [-0.1, -0.05) is 13.0 Å². The number of aromatic nitrogens is 2. The maximum atomic E-state index is 13.0. The number of benzene rings is 1. The second-order valence-electron chi connectivity index (χ2n) is 9.44. The molecule has 5 rings (SSSR count). The quantitative estimate of drug-likeness (QED) is 0.497. The lowest BCUT2D eigenvalue weighted by Gasteiger charge is -2.27. The molecule has 1 aromatic carbocycles. The Bertz CT molecular complexity index is 1180. The molecule has 0 spiro atoms. The predicted octanol–water partition coefficient (Wildman–Crippen LogP) is 3.33. The third-order valence-electron chi connectivity index (χ3n) is 6.44. The van der Waals surface area contributed by atoms with Gasteiger partial charge in [-0.3, -0.25) is 9.20 Å². The Morgan fingerprint density at radius 2 is 1.97 bits per heavy atom. The van der Waals surface area contributed by atoms with Crippen molar-refractivity contribution in [2.75, 3.05) is 45.4 Å². The number of carbonyl (C=O) groups excluding carboxylic acids is 1. The van der Waals surface area contributed by atoms with E-state index in [2.05, 4.69) is 40.5 Å². The van der Waals surface area contributed by atoms with Crippen LogP contribution in [0.25, 0.3) is 5.65 Å². The van der Waals surface area contributed by atoms with E-state index in [0.717, 1.165) is 66.2 Å². The van der Waals surface area contributed by atoms with Gasteiger partial charge in [-0.05, 0) is 69.1 Å². The highest BCUT2D eigenvalue weighted by Crippen LogP contribution is 2.34. The molecule has 1 aliphatic heterocycles. The zero-order valence-corrected chi connectivity index (χ0v) is 20.2. The summed E-state index contributed by atoms with van der Waals surface area (Å²) in [7, 11) is 4.21. The number of carbonyl (C=O) groups is 1. The molecule has 0 radical (unpaired) electrons. The molecule has 2 aromatic heterocycles. The lowest BCUT2D eigenvalue weighted by molar-refractivity contribution is 0.0950. The number of hydrogen-bond donors (Lipinski definition) is 1. The molecule has 0 bridgehead atoms. The number of fused-ring (bicyclic) bond motifs is 2. The molecule has 8 nitrogen and oxygen atoms in total. The van der Waals surface area contributed by atoms with Crippen LogP contribution in [0.1, 0.15) is 41.4 Å². The molecule has 0 atom stereocenters. The fourth-order valence-electron chi connectivity index (χ4n) is 4.34. The van der Waals surface area contributed by atoms with Crippen LogP contribution < -0.4 is 19.7 Å². The number of anilines is 1. The topological polar surface area (TPSA) is 71.3 Å². The minimum Gasteiger partial charge on any atom is -0.454 e. The van der Waals surface area contributed by atoms with Crippen molar-refractivity contribution in [3.63, 3.8) is 0 Å². The molecule has 1 aliphatic carbocycles. The van der Waals surface area contributed by atoms with E-state index < -0.39 is 0 Å². The first kappa shape index (κ1) is 22.5. The predicted molar refractivity (Wildman–Crippen MR) is 132 cm³/mol. The lowest BCUT2D eigenvalue weighted by atomic mass is 10.2. The van der Waals surface area contributed by atoms with E-state index in [1.54, 1.807) is 0 Å². The van der Waals surface area contributed by atoms with Crippen molar-refractivity contribution in [1.82, 2.24) is 19.6 Å². The molecular weight excluding hydrogens is 430 g/mol. The SMILES string of the molecule is CCc1nc2ccc(C(=O)NCc3ccc4c(c3)OCO4)cn2c1N(CCN(C)C)CC1CC1. The molecule has 3 heterocycles. The van der Waals surface area contributed by atoms with Crippen LogP contribution in [0.2, 0.25) is 0 Å². The fourth-order valence-corrected chi connectivity index (χ4v) is 4.34. The Balaban J connectivity index is 1.38. The maximum absolute atomic E-state index is 13.0. The number of imidazole rings is 1. The molecule has 1 fully saturated rings. The second-order valence-corrected chi connectivity index (χ2v) is 9.44. The van der Waals surface area contributed by atoms with E-state index in [0.29, 0.717) is 12.1 Å². The van der Waals surface area contributed by atoms with Gasteiger partial charge in [-0.25, -0.2) is 4.98 Å². The van der Waals surface area contributed by atoms with Gasteiger partial charge < -0.3 is 24.6 Å². The van der Waals surface area contributed by atoms with Crippen molar-refractivity contribution in [2.45, 2.75) is 32.7 Å². The summed E-state index contributed by atoms with van der Waals surface area (Å²) in [5, 5.41) is 3.03. The van der Waals surface area contributed by atoms with Crippen molar-refractivity contribution in [3.05, 3.63) is 53.3 Å². The highest BCUT2D eigenvalue weighted by Gasteiger charge is 2.27. The highest BCUT2D eigenvalue weighted by molar-refractivity contribution is 5.94. The normalized spacial score (nSPS) is 14.7. The van der Waals surface area contributed by atoms with E-state index >= 15 is 0 Å². The van der Waals surface area contributed by atoms with Gasteiger partial charge in [0.1, 0.15) is 11.5 Å². The Hall–Kier alpha value is -3.26. The van der Waals surface area contributed by atoms with Gasteiger partial charge in [0.25, 0.3) is 5.91 Å². The van der Waals surface area contributed by atoms with Crippen LogP contribution in [0.4, 0.5) is 5.82 Å². The minimum atomic E-state index is -0.112. The first-order valence-electron chi connectivity index (χ1n) is 12.1. The number of rotatable bonds is 10. The smallest absolute Gasteiger partial charge is 0.253 e. The summed E-state index contributed by atoms with van der Waals surface area (Å²) in [6, 6.07) is 9.53.